The minimum absolute atomic E-state index is 0.274. The van der Waals surface area contributed by atoms with E-state index < -0.39 is 11.7 Å². The van der Waals surface area contributed by atoms with Gasteiger partial charge in [0, 0.05) is 21.6 Å². The third-order valence-electron chi connectivity index (χ3n) is 2.99. The van der Waals surface area contributed by atoms with Gasteiger partial charge in [0.25, 0.3) is 0 Å². The molecule has 0 unspecified atom stereocenters. The minimum atomic E-state index is -4.38. The summed E-state index contributed by atoms with van der Waals surface area (Å²) in [4.78, 5) is 8.45. The van der Waals surface area contributed by atoms with Crippen LogP contribution in [0.15, 0.2) is 53.1 Å². The molecule has 3 rings (SSSR count). The van der Waals surface area contributed by atoms with E-state index in [4.69, 9.17) is 0 Å². The molecule has 3 aromatic rings. The molecule has 0 amide bonds. The van der Waals surface area contributed by atoms with Gasteiger partial charge in [-0.15, -0.1) is 0 Å². The van der Waals surface area contributed by atoms with Crippen molar-refractivity contribution in [2.45, 2.75) is 6.18 Å². The molecule has 0 saturated carbocycles. The average molecular weight is 353 g/mol. The molecule has 0 aliphatic carbocycles. The number of halogens is 4. The Morgan fingerprint density at radius 3 is 2.57 bits per heavy atom. The summed E-state index contributed by atoms with van der Waals surface area (Å²) in [6.45, 7) is 0. The molecule has 0 aliphatic heterocycles. The van der Waals surface area contributed by atoms with Crippen molar-refractivity contribution in [3.8, 4) is 11.4 Å². The molecule has 1 aromatic heterocycles. The maximum absolute atomic E-state index is 12.7. The first-order chi connectivity index (χ1) is 9.93. The fourth-order valence-corrected chi connectivity index (χ4v) is 2.36. The van der Waals surface area contributed by atoms with Crippen molar-refractivity contribution in [3.63, 3.8) is 0 Å². The second-order valence-electron chi connectivity index (χ2n) is 4.48. The Hall–Kier alpha value is -1.95. The van der Waals surface area contributed by atoms with Crippen LogP contribution in [-0.2, 0) is 6.18 Å². The van der Waals surface area contributed by atoms with Crippen LogP contribution in [0.2, 0.25) is 0 Å². The van der Waals surface area contributed by atoms with E-state index in [2.05, 4.69) is 25.9 Å². The summed E-state index contributed by atoms with van der Waals surface area (Å²) in [5.41, 5.74) is 0.315. The first kappa shape index (κ1) is 14.0. The molecule has 6 heteroatoms. The molecule has 0 radical (unpaired) electrons. The Morgan fingerprint density at radius 2 is 1.81 bits per heavy atom. The van der Waals surface area contributed by atoms with Crippen LogP contribution in [0.1, 0.15) is 5.56 Å². The van der Waals surface area contributed by atoms with Gasteiger partial charge in [0.1, 0.15) is 0 Å². The number of hydrogen-bond acceptors (Lipinski definition) is 2. The van der Waals surface area contributed by atoms with Crippen LogP contribution in [0, 0.1) is 0 Å². The van der Waals surface area contributed by atoms with Gasteiger partial charge in [-0.25, -0.2) is 9.97 Å². The zero-order valence-corrected chi connectivity index (χ0v) is 12.1. The van der Waals surface area contributed by atoms with E-state index in [1.165, 1.54) is 6.07 Å². The summed E-state index contributed by atoms with van der Waals surface area (Å²) in [5, 5.41) is 0.820. The van der Waals surface area contributed by atoms with Gasteiger partial charge in [-0.1, -0.05) is 28.1 Å². The highest BCUT2D eigenvalue weighted by molar-refractivity contribution is 9.10. The summed E-state index contributed by atoms with van der Waals surface area (Å²) in [6, 6.07) is 10.5. The SMILES string of the molecule is FC(F)(F)c1cccc(-c2ncc3cc(Br)ccc3n2)c1. The maximum atomic E-state index is 12.7. The number of alkyl halides is 3. The van der Waals surface area contributed by atoms with Crippen molar-refractivity contribution in [1.29, 1.82) is 0 Å². The predicted molar refractivity (Wildman–Crippen MR) is 77.7 cm³/mol. The van der Waals surface area contributed by atoms with Crippen molar-refractivity contribution in [2.75, 3.05) is 0 Å². The van der Waals surface area contributed by atoms with Gasteiger partial charge in [0.05, 0.1) is 11.1 Å². The molecule has 21 heavy (non-hydrogen) atoms. The number of hydrogen-bond donors (Lipinski definition) is 0. The van der Waals surface area contributed by atoms with Gasteiger partial charge in [0.2, 0.25) is 0 Å². The number of aromatic nitrogens is 2. The van der Waals surface area contributed by atoms with Gasteiger partial charge in [-0.05, 0) is 30.3 Å². The first-order valence-corrected chi connectivity index (χ1v) is 6.83. The second kappa shape index (κ2) is 5.11. The summed E-state index contributed by atoms with van der Waals surface area (Å²) in [6.07, 6.45) is -2.78. The summed E-state index contributed by atoms with van der Waals surface area (Å²) in [5.74, 6) is 0.274. The standard InChI is InChI=1S/C15H8BrF3N2/c16-12-4-5-13-10(7-12)8-20-14(21-13)9-2-1-3-11(6-9)15(17,18)19/h1-8H. The highest BCUT2D eigenvalue weighted by Gasteiger charge is 2.30. The zero-order valence-electron chi connectivity index (χ0n) is 10.5. The van der Waals surface area contributed by atoms with Gasteiger partial charge >= 0.3 is 6.18 Å². The lowest BCUT2D eigenvalue weighted by Crippen LogP contribution is -2.04. The largest absolute Gasteiger partial charge is 0.416 e. The summed E-state index contributed by atoms with van der Waals surface area (Å²) in [7, 11) is 0. The smallest absolute Gasteiger partial charge is 0.236 e. The van der Waals surface area contributed by atoms with Crippen LogP contribution in [0.4, 0.5) is 13.2 Å². The van der Waals surface area contributed by atoms with Crippen molar-refractivity contribution >= 4 is 26.8 Å². The average Bonchev–Trinajstić information content (AvgIpc) is 2.46. The normalized spacial score (nSPS) is 11.8. The number of benzene rings is 2. The molecule has 2 aromatic carbocycles. The van der Waals surface area contributed by atoms with Crippen LogP contribution >= 0.6 is 15.9 Å². The predicted octanol–water partition coefficient (Wildman–Crippen LogP) is 5.08. The van der Waals surface area contributed by atoms with Crippen LogP contribution in [0.5, 0.6) is 0 Å². The highest BCUT2D eigenvalue weighted by Crippen LogP contribution is 2.31. The maximum Gasteiger partial charge on any atom is 0.416 e. The molecular weight excluding hydrogens is 345 g/mol. The Bertz CT molecular complexity index is 815. The van der Waals surface area contributed by atoms with E-state index in [9.17, 15) is 13.2 Å². The van der Waals surface area contributed by atoms with E-state index in [1.807, 2.05) is 12.1 Å². The van der Waals surface area contributed by atoms with Crippen LogP contribution in [0.3, 0.4) is 0 Å². The van der Waals surface area contributed by atoms with E-state index >= 15 is 0 Å². The third-order valence-corrected chi connectivity index (χ3v) is 3.48. The molecule has 0 spiro atoms. The fraction of sp³-hybridized carbons (Fsp3) is 0.0667. The molecular formula is C15H8BrF3N2. The van der Waals surface area contributed by atoms with Crippen LogP contribution in [-0.4, -0.2) is 9.97 Å². The number of rotatable bonds is 1. The zero-order chi connectivity index (χ0) is 15.0. The Labute approximate surface area is 126 Å². The molecule has 0 N–H and O–H groups in total. The summed E-state index contributed by atoms with van der Waals surface area (Å²) >= 11 is 3.35. The van der Waals surface area contributed by atoms with Crippen molar-refractivity contribution < 1.29 is 13.2 Å². The molecule has 0 aliphatic rings. The van der Waals surface area contributed by atoms with E-state index in [-0.39, 0.29) is 5.82 Å². The van der Waals surface area contributed by atoms with Gasteiger partial charge in [-0.2, -0.15) is 13.2 Å². The van der Waals surface area contributed by atoms with Crippen LogP contribution < -0.4 is 0 Å². The topological polar surface area (TPSA) is 25.8 Å². The Kier molecular flexibility index (Phi) is 3.41. The molecule has 0 atom stereocenters. The van der Waals surface area contributed by atoms with E-state index in [0.717, 1.165) is 22.0 Å². The van der Waals surface area contributed by atoms with E-state index in [0.29, 0.717) is 11.1 Å². The molecule has 0 fully saturated rings. The summed E-state index contributed by atoms with van der Waals surface area (Å²) < 4.78 is 39.1. The minimum Gasteiger partial charge on any atom is -0.236 e. The number of fused-ring (bicyclic) bond motifs is 1. The first-order valence-electron chi connectivity index (χ1n) is 6.03. The van der Waals surface area contributed by atoms with Crippen LogP contribution in [0.25, 0.3) is 22.3 Å². The monoisotopic (exact) mass is 352 g/mol. The van der Waals surface area contributed by atoms with Gasteiger partial charge < -0.3 is 0 Å². The fourth-order valence-electron chi connectivity index (χ4n) is 1.98. The van der Waals surface area contributed by atoms with E-state index in [1.54, 1.807) is 18.3 Å². The van der Waals surface area contributed by atoms with Gasteiger partial charge in [-0.3, -0.25) is 0 Å². The lowest BCUT2D eigenvalue weighted by atomic mass is 10.1. The quantitative estimate of drug-likeness (QED) is 0.610. The lowest BCUT2D eigenvalue weighted by molar-refractivity contribution is -0.137. The van der Waals surface area contributed by atoms with Crippen molar-refractivity contribution in [3.05, 3.63) is 58.7 Å². The number of nitrogens with zero attached hydrogens (tertiary/aromatic N) is 2. The molecule has 0 saturated heterocycles. The lowest BCUT2D eigenvalue weighted by Gasteiger charge is -2.08. The molecule has 0 bridgehead atoms. The molecule has 106 valence electrons. The Balaban J connectivity index is 2.10. The Morgan fingerprint density at radius 1 is 1.00 bits per heavy atom. The third kappa shape index (κ3) is 2.90. The van der Waals surface area contributed by atoms with Gasteiger partial charge in [0.15, 0.2) is 5.82 Å². The molecule has 2 nitrogen and oxygen atoms in total. The van der Waals surface area contributed by atoms with Crippen molar-refractivity contribution in [1.82, 2.24) is 9.97 Å². The second-order valence-corrected chi connectivity index (χ2v) is 5.39. The van der Waals surface area contributed by atoms with Crippen molar-refractivity contribution in [2.24, 2.45) is 0 Å². The molecule has 1 heterocycles. The highest BCUT2D eigenvalue weighted by atomic mass is 79.9.